The first-order valence-corrected chi connectivity index (χ1v) is 15.7. The molecule has 2 aliphatic rings. The summed E-state index contributed by atoms with van der Waals surface area (Å²) in [4.78, 5) is 51.7. The summed E-state index contributed by atoms with van der Waals surface area (Å²) in [5.74, 6) is 0.364. The maximum absolute atomic E-state index is 12.9. The Morgan fingerprint density at radius 3 is 2.50 bits per heavy atom. The van der Waals surface area contributed by atoms with Crippen molar-refractivity contribution >= 4 is 56.6 Å². The molecule has 14 heteroatoms. The lowest BCUT2D eigenvalue weighted by molar-refractivity contribution is -0.118. The van der Waals surface area contributed by atoms with Gasteiger partial charge in [-0.15, -0.1) is 0 Å². The van der Waals surface area contributed by atoms with Gasteiger partial charge in [-0.3, -0.25) is 9.59 Å². The number of carbonyl (C=O) groups is 3. The minimum Gasteiger partial charge on any atom is -0.444 e. The second kappa shape index (κ2) is 11.7. The number of aromatic nitrogens is 2. The van der Waals surface area contributed by atoms with Crippen molar-refractivity contribution in [3.05, 3.63) is 24.4 Å². The van der Waals surface area contributed by atoms with Crippen LogP contribution in [0.1, 0.15) is 47.5 Å². The number of benzene rings is 1. The monoisotopic (exact) mass is 601 g/mol. The zero-order valence-electron chi connectivity index (χ0n) is 25.1. The van der Waals surface area contributed by atoms with Gasteiger partial charge in [-0.05, 0) is 65.2 Å². The zero-order valence-corrected chi connectivity index (χ0v) is 25.9. The number of fused-ring (bicyclic) bond motifs is 1. The Bertz CT molecular complexity index is 1490. The molecule has 0 bridgehead atoms. The van der Waals surface area contributed by atoms with Crippen LogP contribution in [0.25, 0.3) is 0 Å². The first kappa shape index (κ1) is 31.0. The fourth-order valence-electron chi connectivity index (χ4n) is 4.82. The number of ether oxygens (including phenoxy) is 1. The van der Waals surface area contributed by atoms with Crippen molar-refractivity contribution in [3.63, 3.8) is 0 Å². The Morgan fingerprint density at radius 1 is 1.17 bits per heavy atom. The van der Waals surface area contributed by atoms with E-state index in [0.717, 1.165) is 6.26 Å². The first-order valence-electron chi connectivity index (χ1n) is 13.8. The summed E-state index contributed by atoms with van der Waals surface area (Å²) in [7, 11) is -1.95. The van der Waals surface area contributed by atoms with Crippen LogP contribution in [-0.2, 0) is 24.2 Å². The average Bonchev–Trinajstić information content (AvgIpc) is 3.33. The number of likely N-dealkylation sites (N-methyl/N-ethyl adjacent to an activating group) is 1. The molecule has 0 spiro atoms. The van der Waals surface area contributed by atoms with E-state index in [9.17, 15) is 22.8 Å². The molecular formula is C28H39N7O6S. The Hall–Kier alpha value is -3.94. The minimum absolute atomic E-state index is 0.00636. The zero-order chi connectivity index (χ0) is 31.0. The van der Waals surface area contributed by atoms with Crippen molar-refractivity contribution in [2.24, 2.45) is 5.92 Å². The lowest BCUT2D eigenvalue weighted by Gasteiger charge is -2.36. The summed E-state index contributed by atoms with van der Waals surface area (Å²) in [6.07, 6.45) is 3.05. The number of amides is 3. The topological polar surface area (TPSA) is 154 Å². The summed E-state index contributed by atoms with van der Waals surface area (Å²) in [5, 5.41) is 5.85. The van der Waals surface area contributed by atoms with E-state index in [0.29, 0.717) is 42.4 Å². The molecule has 3 heterocycles. The van der Waals surface area contributed by atoms with Crippen molar-refractivity contribution in [1.29, 1.82) is 0 Å². The highest BCUT2D eigenvalue weighted by molar-refractivity contribution is 7.90. The Morgan fingerprint density at radius 2 is 1.86 bits per heavy atom. The van der Waals surface area contributed by atoms with Crippen LogP contribution in [-0.4, -0.2) is 85.8 Å². The molecule has 13 nitrogen and oxygen atoms in total. The van der Waals surface area contributed by atoms with E-state index in [1.807, 2.05) is 18.7 Å². The number of hydrogen-bond donors (Lipinski definition) is 2. The van der Waals surface area contributed by atoms with Crippen LogP contribution in [0.15, 0.2) is 29.3 Å². The molecule has 1 fully saturated rings. The Kier molecular flexibility index (Phi) is 8.67. The largest absolute Gasteiger partial charge is 0.444 e. The molecule has 1 aromatic heterocycles. The van der Waals surface area contributed by atoms with Gasteiger partial charge in [0.1, 0.15) is 11.3 Å². The van der Waals surface area contributed by atoms with Crippen LogP contribution in [0.3, 0.4) is 0 Å². The van der Waals surface area contributed by atoms with Crippen molar-refractivity contribution in [1.82, 2.24) is 14.9 Å². The highest BCUT2D eigenvalue weighted by Gasteiger charge is 2.32. The third-order valence-electron chi connectivity index (χ3n) is 6.97. The fraction of sp³-hybridized carbons (Fsp3) is 0.536. The SMILES string of the molecule is CC(C)N1CC(=O)N(C)c2cnc(Nc3cc(NC(=O)C[C@@H]4CCN(C(=O)OC(C)(C)C)C4)cc(S(C)(=O)=O)c3)nc21. The van der Waals surface area contributed by atoms with Crippen molar-refractivity contribution in [2.45, 2.75) is 64.0 Å². The van der Waals surface area contributed by atoms with Gasteiger partial charge in [-0.1, -0.05) is 0 Å². The molecule has 0 radical (unpaired) electrons. The first-order chi connectivity index (χ1) is 19.5. The molecule has 4 rings (SSSR count). The van der Waals surface area contributed by atoms with Gasteiger partial charge in [0.15, 0.2) is 15.7 Å². The van der Waals surface area contributed by atoms with Gasteiger partial charge < -0.3 is 30.1 Å². The predicted octanol–water partition coefficient (Wildman–Crippen LogP) is 3.40. The molecule has 228 valence electrons. The van der Waals surface area contributed by atoms with Crippen LogP contribution >= 0.6 is 0 Å². The second-order valence-corrected chi connectivity index (χ2v) is 14.1. The number of hydrogen-bond acceptors (Lipinski definition) is 10. The van der Waals surface area contributed by atoms with Crippen LogP contribution in [0.2, 0.25) is 0 Å². The van der Waals surface area contributed by atoms with Crippen LogP contribution in [0.5, 0.6) is 0 Å². The molecule has 1 aromatic carbocycles. The third-order valence-corrected chi connectivity index (χ3v) is 8.06. The highest BCUT2D eigenvalue weighted by Crippen LogP contribution is 2.33. The summed E-state index contributed by atoms with van der Waals surface area (Å²) in [6, 6.07) is 4.46. The summed E-state index contributed by atoms with van der Waals surface area (Å²) < 4.78 is 30.4. The van der Waals surface area contributed by atoms with Crippen LogP contribution < -0.4 is 20.4 Å². The second-order valence-electron chi connectivity index (χ2n) is 12.1. The van der Waals surface area contributed by atoms with Gasteiger partial charge in [0.05, 0.1) is 17.6 Å². The molecule has 3 amide bonds. The summed E-state index contributed by atoms with van der Waals surface area (Å²) >= 11 is 0. The molecule has 1 atom stereocenters. The molecule has 0 aliphatic carbocycles. The molecule has 42 heavy (non-hydrogen) atoms. The number of nitrogens with zero attached hydrogens (tertiary/aromatic N) is 5. The van der Waals surface area contributed by atoms with Crippen molar-refractivity contribution < 1.29 is 27.5 Å². The minimum atomic E-state index is -3.62. The van der Waals surface area contributed by atoms with E-state index in [2.05, 4.69) is 20.6 Å². The van der Waals surface area contributed by atoms with Gasteiger partial charge in [-0.2, -0.15) is 4.98 Å². The highest BCUT2D eigenvalue weighted by atomic mass is 32.2. The number of anilines is 5. The smallest absolute Gasteiger partial charge is 0.410 e. The Labute approximate surface area is 246 Å². The quantitative estimate of drug-likeness (QED) is 0.483. The van der Waals surface area contributed by atoms with E-state index in [-0.39, 0.29) is 47.6 Å². The normalized spacial score (nSPS) is 17.4. The number of sulfone groups is 1. The van der Waals surface area contributed by atoms with E-state index in [1.54, 1.807) is 45.0 Å². The van der Waals surface area contributed by atoms with E-state index in [1.165, 1.54) is 17.0 Å². The van der Waals surface area contributed by atoms with E-state index >= 15 is 0 Å². The fourth-order valence-corrected chi connectivity index (χ4v) is 5.50. The number of carbonyl (C=O) groups excluding carboxylic acids is 3. The molecule has 1 saturated heterocycles. The number of rotatable bonds is 7. The van der Waals surface area contributed by atoms with Crippen molar-refractivity contribution in [2.75, 3.05) is 53.4 Å². The third kappa shape index (κ3) is 7.46. The molecule has 2 N–H and O–H groups in total. The Balaban J connectivity index is 1.50. The lowest BCUT2D eigenvalue weighted by atomic mass is 10.0. The molecule has 0 saturated carbocycles. The van der Waals surface area contributed by atoms with Crippen LogP contribution in [0.4, 0.5) is 33.6 Å². The maximum atomic E-state index is 12.9. The standard InChI is InChI=1S/C28H39N7O6S/c1-17(2)35-16-24(37)33(6)22-14-29-26(32-25(22)35)31-20-11-19(12-21(13-20)42(7,39)40)30-23(36)10-18-8-9-34(15-18)27(38)41-28(3,4)5/h11-14,17-18H,8-10,15-16H2,1-7H3,(H,30,36)(H,29,31,32)/t18-/m0/s1. The summed E-state index contributed by atoms with van der Waals surface area (Å²) in [6.45, 7) is 10.4. The van der Waals surface area contributed by atoms with Crippen LogP contribution in [0, 0.1) is 5.92 Å². The molecule has 0 unspecified atom stereocenters. The van der Waals surface area contributed by atoms with E-state index in [4.69, 9.17) is 4.74 Å². The lowest BCUT2D eigenvalue weighted by Crippen LogP contribution is -2.47. The van der Waals surface area contributed by atoms with Gasteiger partial charge in [0.2, 0.25) is 17.8 Å². The van der Waals surface area contributed by atoms with Gasteiger partial charge >= 0.3 is 6.09 Å². The number of likely N-dealkylation sites (tertiary alicyclic amines) is 1. The van der Waals surface area contributed by atoms with Gasteiger partial charge in [0.25, 0.3) is 0 Å². The number of nitrogens with one attached hydrogen (secondary N) is 2. The predicted molar refractivity (Wildman–Crippen MR) is 160 cm³/mol. The maximum Gasteiger partial charge on any atom is 0.410 e. The van der Waals surface area contributed by atoms with Crippen molar-refractivity contribution in [3.8, 4) is 0 Å². The summed E-state index contributed by atoms with van der Waals surface area (Å²) in [5.41, 5.74) is 0.623. The molecule has 2 aliphatic heterocycles. The van der Waals surface area contributed by atoms with Gasteiger partial charge in [-0.25, -0.2) is 18.2 Å². The molecule has 2 aromatic rings. The average molecular weight is 602 g/mol. The van der Waals surface area contributed by atoms with Gasteiger partial charge in [0, 0.05) is 50.2 Å². The van der Waals surface area contributed by atoms with E-state index < -0.39 is 21.5 Å². The molecular weight excluding hydrogens is 562 g/mol.